The van der Waals surface area contributed by atoms with Crippen LogP contribution in [0.1, 0.15) is 91.9 Å². The van der Waals surface area contributed by atoms with Gasteiger partial charge in [-0.3, -0.25) is 0 Å². The van der Waals surface area contributed by atoms with E-state index in [0.717, 1.165) is 19.6 Å². The third-order valence-electron chi connectivity index (χ3n) is 4.07. The molecule has 0 saturated heterocycles. The Kier molecular flexibility index (Phi) is 15.3. The summed E-state index contributed by atoms with van der Waals surface area (Å²) in [6.07, 6.45) is 14.0. The minimum absolute atomic E-state index is 0.393. The maximum atomic E-state index is 5.87. The third-order valence-corrected chi connectivity index (χ3v) is 4.07. The molecule has 2 unspecified atom stereocenters. The lowest BCUT2D eigenvalue weighted by Crippen LogP contribution is -2.41. The van der Waals surface area contributed by atoms with E-state index >= 15 is 0 Å². The quantitative estimate of drug-likeness (QED) is 0.412. The molecule has 0 spiro atoms. The first-order valence-corrected chi connectivity index (χ1v) is 9.14. The van der Waals surface area contributed by atoms with Gasteiger partial charge in [0.2, 0.25) is 0 Å². The summed E-state index contributed by atoms with van der Waals surface area (Å²) in [4.78, 5) is 0. The molecule has 0 heterocycles. The van der Waals surface area contributed by atoms with Crippen molar-refractivity contribution < 1.29 is 4.74 Å². The van der Waals surface area contributed by atoms with E-state index in [1.807, 2.05) is 0 Å². The Morgan fingerprint density at radius 1 is 0.800 bits per heavy atom. The van der Waals surface area contributed by atoms with Crippen LogP contribution in [0.15, 0.2) is 0 Å². The number of hydrogen-bond donors (Lipinski definition) is 1. The van der Waals surface area contributed by atoms with Crippen molar-refractivity contribution in [3.63, 3.8) is 0 Å². The zero-order valence-corrected chi connectivity index (χ0v) is 14.5. The van der Waals surface area contributed by atoms with Gasteiger partial charge in [0.15, 0.2) is 0 Å². The first-order chi connectivity index (χ1) is 9.79. The van der Waals surface area contributed by atoms with Gasteiger partial charge in [-0.25, -0.2) is 0 Å². The summed E-state index contributed by atoms with van der Waals surface area (Å²) >= 11 is 0. The van der Waals surface area contributed by atoms with Crippen molar-refractivity contribution in [3.8, 4) is 0 Å². The lowest BCUT2D eigenvalue weighted by atomic mass is 10.00. The molecule has 20 heavy (non-hydrogen) atoms. The molecule has 0 rings (SSSR count). The van der Waals surface area contributed by atoms with Crippen molar-refractivity contribution in [2.24, 2.45) is 0 Å². The fourth-order valence-corrected chi connectivity index (χ4v) is 2.91. The van der Waals surface area contributed by atoms with Gasteiger partial charge >= 0.3 is 0 Å². The molecule has 0 radical (unpaired) electrons. The van der Waals surface area contributed by atoms with Crippen LogP contribution < -0.4 is 5.32 Å². The maximum absolute atomic E-state index is 5.87. The van der Waals surface area contributed by atoms with E-state index in [0.29, 0.717) is 12.1 Å². The Balaban J connectivity index is 3.69. The lowest BCUT2D eigenvalue weighted by Gasteiger charge is -2.27. The number of likely N-dealkylation sites (N-methyl/N-ethyl adjacent to an activating group) is 1. The average Bonchev–Trinajstić information content (AvgIpc) is 2.46. The molecule has 1 N–H and O–H groups in total. The highest BCUT2D eigenvalue weighted by atomic mass is 16.5. The van der Waals surface area contributed by atoms with Crippen LogP contribution in [0, 0.1) is 0 Å². The first-order valence-electron chi connectivity index (χ1n) is 9.14. The van der Waals surface area contributed by atoms with Crippen LogP contribution in [0.25, 0.3) is 0 Å². The Labute approximate surface area is 128 Å². The van der Waals surface area contributed by atoms with Crippen LogP contribution in [-0.4, -0.2) is 25.3 Å². The van der Waals surface area contributed by atoms with Gasteiger partial charge in [-0.05, 0) is 26.3 Å². The summed E-state index contributed by atoms with van der Waals surface area (Å²) in [5.41, 5.74) is 0. The summed E-state index contributed by atoms with van der Waals surface area (Å²) in [6.45, 7) is 10.7. The molecule has 122 valence electrons. The van der Waals surface area contributed by atoms with Gasteiger partial charge in [0.1, 0.15) is 0 Å². The molecule has 0 saturated carbocycles. The van der Waals surface area contributed by atoms with Crippen molar-refractivity contribution >= 4 is 0 Å². The summed E-state index contributed by atoms with van der Waals surface area (Å²) < 4.78 is 5.87. The van der Waals surface area contributed by atoms with Crippen LogP contribution in [0.2, 0.25) is 0 Å². The van der Waals surface area contributed by atoms with Crippen molar-refractivity contribution in [1.82, 2.24) is 5.32 Å². The zero-order chi connectivity index (χ0) is 15.1. The largest absolute Gasteiger partial charge is 0.377 e. The highest BCUT2D eigenvalue weighted by molar-refractivity contribution is 4.75. The van der Waals surface area contributed by atoms with E-state index in [1.54, 1.807) is 0 Å². The topological polar surface area (TPSA) is 21.3 Å². The van der Waals surface area contributed by atoms with Gasteiger partial charge in [-0.15, -0.1) is 0 Å². The molecule has 0 aromatic carbocycles. The average molecular weight is 286 g/mol. The summed E-state index contributed by atoms with van der Waals surface area (Å²) in [5, 5.41) is 3.61. The number of ether oxygens (including phenoxy) is 1. The van der Waals surface area contributed by atoms with Crippen LogP contribution in [0.4, 0.5) is 0 Å². The summed E-state index contributed by atoms with van der Waals surface area (Å²) in [5.74, 6) is 0. The fourth-order valence-electron chi connectivity index (χ4n) is 2.91. The molecule has 0 bridgehead atoms. The van der Waals surface area contributed by atoms with Gasteiger partial charge in [0.25, 0.3) is 0 Å². The summed E-state index contributed by atoms with van der Waals surface area (Å²) in [6, 6.07) is 0.546. The van der Waals surface area contributed by atoms with E-state index in [1.165, 1.54) is 57.8 Å². The van der Waals surface area contributed by atoms with E-state index < -0.39 is 0 Å². The first kappa shape index (κ1) is 19.9. The lowest BCUT2D eigenvalue weighted by molar-refractivity contribution is 0.0294. The molecule has 0 aliphatic heterocycles. The molecule has 0 aliphatic carbocycles. The van der Waals surface area contributed by atoms with Crippen molar-refractivity contribution in [1.29, 1.82) is 0 Å². The van der Waals surface area contributed by atoms with Gasteiger partial charge in [0, 0.05) is 12.6 Å². The fraction of sp³-hybridized carbons (Fsp3) is 1.00. The number of rotatable bonds is 15. The van der Waals surface area contributed by atoms with Gasteiger partial charge < -0.3 is 10.1 Å². The molecule has 0 aromatic rings. The van der Waals surface area contributed by atoms with Crippen LogP contribution >= 0.6 is 0 Å². The van der Waals surface area contributed by atoms with Gasteiger partial charge in [-0.2, -0.15) is 0 Å². The van der Waals surface area contributed by atoms with E-state index in [4.69, 9.17) is 4.74 Å². The Hall–Kier alpha value is -0.0800. The third kappa shape index (κ3) is 10.7. The monoisotopic (exact) mass is 285 g/mol. The van der Waals surface area contributed by atoms with E-state index in [2.05, 4.69) is 33.0 Å². The van der Waals surface area contributed by atoms with Crippen molar-refractivity contribution in [2.75, 3.05) is 13.2 Å². The summed E-state index contributed by atoms with van der Waals surface area (Å²) in [7, 11) is 0. The second-order valence-electron chi connectivity index (χ2n) is 5.83. The molecule has 0 aromatic heterocycles. The van der Waals surface area contributed by atoms with Gasteiger partial charge in [-0.1, -0.05) is 72.1 Å². The Morgan fingerprint density at radius 2 is 1.40 bits per heavy atom. The number of hydrogen-bond acceptors (Lipinski definition) is 2. The van der Waals surface area contributed by atoms with E-state index in [-0.39, 0.29) is 0 Å². The number of nitrogens with one attached hydrogen (secondary N) is 1. The maximum Gasteiger partial charge on any atom is 0.0725 e. The SMILES string of the molecule is CCCCCCCCCCC(NCC)C(CC)OCC. The molecule has 2 nitrogen and oxygen atoms in total. The number of unbranched alkanes of at least 4 members (excludes halogenated alkanes) is 7. The minimum Gasteiger partial charge on any atom is -0.377 e. The Morgan fingerprint density at radius 3 is 1.90 bits per heavy atom. The molecule has 0 aliphatic rings. The minimum atomic E-state index is 0.393. The second kappa shape index (κ2) is 15.3. The molecule has 2 atom stereocenters. The van der Waals surface area contributed by atoms with Crippen molar-refractivity contribution in [3.05, 3.63) is 0 Å². The smallest absolute Gasteiger partial charge is 0.0725 e. The standard InChI is InChI=1S/C18H39NO/c1-5-9-10-11-12-13-14-15-16-17(19-7-3)18(6-2)20-8-4/h17-19H,5-16H2,1-4H3. The Bertz CT molecular complexity index is 184. The molecule has 0 amide bonds. The predicted molar refractivity (Wildman–Crippen MR) is 90.4 cm³/mol. The van der Waals surface area contributed by atoms with Crippen LogP contribution in [-0.2, 0) is 4.74 Å². The van der Waals surface area contributed by atoms with Gasteiger partial charge in [0.05, 0.1) is 6.10 Å². The highest BCUT2D eigenvalue weighted by Crippen LogP contribution is 2.14. The zero-order valence-electron chi connectivity index (χ0n) is 14.5. The molecule has 0 fully saturated rings. The van der Waals surface area contributed by atoms with Crippen LogP contribution in [0.3, 0.4) is 0 Å². The molecular formula is C18H39NO. The highest BCUT2D eigenvalue weighted by Gasteiger charge is 2.18. The van der Waals surface area contributed by atoms with Crippen molar-refractivity contribution in [2.45, 2.75) is 104 Å². The molecule has 2 heteroatoms. The molecular weight excluding hydrogens is 246 g/mol. The van der Waals surface area contributed by atoms with Crippen LogP contribution in [0.5, 0.6) is 0 Å². The van der Waals surface area contributed by atoms with E-state index in [9.17, 15) is 0 Å². The predicted octanol–water partition coefficient (Wildman–Crippen LogP) is 5.31. The normalized spacial score (nSPS) is 14.4. The second-order valence-corrected chi connectivity index (χ2v) is 5.83.